The summed E-state index contributed by atoms with van der Waals surface area (Å²) < 4.78 is 9.45. The average Bonchev–Trinajstić information content (AvgIpc) is 4.18. The molecule has 0 aliphatic heterocycles. The zero-order valence-electron chi connectivity index (χ0n) is 41.7. The van der Waals surface area contributed by atoms with Gasteiger partial charge in [-0.05, 0) is 97.6 Å². The van der Waals surface area contributed by atoms with Crippen LogP contribution in [0.3, 0.4) is 0 Å². The van der Waals surface area contributed by atoms with E-state index in [1.54, 1.807) is 0 Å². The maximum Gasteiger partial charge on any atom is 0.238 e. The predicted molar refractivity (Wildman–Crippen MR) is 307 cm³/mol. The molecule has 5 heterocycles. The number of hydrogen-bond donors (Lipinski definition) is 0. The summed E-state index contributed by atoms with van der Waals surface area (Å²) in [6.07, 6.45) is 5.38. The SMILES string of the molecule is C[C@H]1CCCCC(C)(c2nc(-c3cc(C#N)ccc3-n3c4ccccc4c4c(-n5c6ccccc6c6ccccc65)cccc43)nc(-n3c4ccccc4c4c(-n5c6ccccc6c6ccccc65)cccc43)n2)C1. The van der Waals surface area contributed by atoms with E-state index in [1.807, 2.05) is 12.1 Å². The molecule has 0 amide bonds. The Morgan fingerprint density at radius 1 is 0.453 bits per heavy atom. The first-order valence-electron chi connectivity index (χ1n) is 26.3. The molecule has 8 heteroatoms. The molecule has 8 nitrogen and oxygen atoms in total. The van der Waals surface area contributed by atoms with E-state index in [0.29, 0.717) is 23.3 Å². The second-order valence-corrected chi connectivity index (χ2v) is 21.0. The third-order valence-electron chi connectivity index (χ3n) is 16.4. The summed E-state index contributed by atoms with van der Waals surface area (Å²) in [6, 6.07) is 73.9. The van der Waals surface area contributed by atoms with E-state index < -0.39 is 0 Å². The van der Waals surface area contributed by atoms with Crippen LogP contribution in [0.2, 0.25) is 0 Å². The van der Waals surface area contributed by atoms with Crippen molar-refractivity contribution >= 4 is 87.2 Å². The van der Waals surface area contributed by atoms with Gasteiger partial charge in [-0.15, -0.1) is 0 Å². The normalized spacial score (nSPS) is 16.3. The highest BCUT2D eigenvalue weighted by molar-refractivity contribution is 6.18. The van der Waals surface area contributed by atoms with Gasteiger partial charge < -0.3 is 13.7 Å². The van der Waals surface area contributed by atoms with Gasteiger partial charge in [-0.2, -0.15) is 15.2 Å². The fourth-order valence-electron chi connectivity index (χ4n) is 13.2. The molecule has 1 aliphatic rings. The number of para-hydroxylation sites is 6. The van der Waals surface area contributed by atoms with Crippen molar-refractivity contribution in [2.24, 2.45) is 5.92 Å². The molecule has 9 aromatic carbocycles. The van der Waals surface area contributed by atoms with Gasteiger partial charge in [-0.1, -0.05) is 154 Å². The summed E-state index contributed by atoms with van der Waals surface area (Å²) in [5.41, 5.74) is 12.8. The second-order valence-electron chi connectivity index (χ2n) is 21.0. The Bertz CT molecular complexity index is 4600. The predicted octanol–water partition coefficient (Wildman–Crippen LogP) is 16.7. The lowest BCUT2D eigenvalue weighted by atomic mass is 9.79. The number of aromatic nitrogens is 7. The lowest BCUT2D eigenvalue weighted by molar-refractivity contribution is 0.338. The van der Waals surface area contributed by atoms with Crippen LogP contribution in [0.5, 0.6) is 0 Å². The molecule has 0 radical (unpaired) electrons. The third-order valence-corrected chi connectivity index (χ3v) is 16.4. The van der Waals surface area contributed by atoms with Gasteiger partial charge in [-0.25, -0.2) is 4.98 Å². The number of benzene rings is 9. The molecule has 0 bridgehead atoms. The van der Waals surface area contributed by atoms with Crippen LogP contribution in [0.4, 0.5) is 0 Å². The highest BCUT2D eigenvalue weighted by Crippen LogP contribution is 2.45. The number of fused-ring (bicyclic) bond motifs is 12. The van der Waals surface area contributed by atoms with Gasteiger partial charge in [0.1, 0.15) is 5.82 Å². The molecule has 1 aliphatic carbocycles. The van der Waals surface area contributed by atoms with Crippen LogP contribution >= 0.6 is 0 Å². The highest BCUT2D eigenvalue weighted by atomic mass is 15.2. The quantitative estimate of drug-likeness (QED) is 0.155. The van der Waals surface area contributed by atoms with Crippen molar-refractivity contribution in [2.75, 3.05) is 0 Å². The van der Waals surface area contributed by atoms with Gasteiger partial charge >= 0.3 is 0 Å². The van der Waals surface area contributed by atoms with Crippen molar-refractivity contribution in [3.8, 4) is 40.5 Å². The van der Waals surface area contributed by atoms with Crippen LogP contribution in [0.25, 0.3) is 122 Å². The van der Waals surface area contributed by atoms with Crippen LogP contribution in [0.15, 0.2) is 200 Å². The van der Waals surface area contributed by atoms with E-state index in [9.17, 15) is 5.26 Å². The van der Waals surface area contributed by atoms with Crippen molar-refractivity contribution in [1.82, 2.24) is 33.2 Å². The Kier molecular flexibility index (Phi) is 9.58. The molecule has 358 valence electrons. The first-order valence-corrected chi connectivity index (χ1v) is 26.3. The Balaban J connectivity index is 1.01. The lowest BCUT2D eigenvalue weighted by Crippen LogP contribution is -2.27. The van der Waals surface area contributed by atoms with Crippen molar-refractivity contribution < 1.29 is 0 Å². The lowest BCUT2D eigenvalue weighted by Gasteiger charge is -2.29. The number of nitriles is 1. The molecule has 0 N–H and O–H groups in total. The molecule has 0 spiro atoms. The van der Waals surface area contributed by atoms with Gasteiger partial charge in [0.2, 0.25) is 5.95 Å². The summed E-state index contributed by atoms with van der Waals surface area (Å²) >= 11 is 0. The smallest absolute Gasteiger partial charge is 0.238 e. The van der Waals surface area contributed by atoms with E-state index in [1.165, 1.54) is 34.4 Å². The molecule has 14 aromatic rings. The van der Waals surface area contributed by atoms with Crippen molar-refractivity contribution in [3.05, 3.63) is 212 Å². The minimum absolute atomic E-state index is 0.327. The Labute approximate surface area is 433 Å². The fraction of sp³-hybridized carbons (Fsp3) is 0.134. The first kappa shape index (κ1) is 43.3. The van der Waals surface area contributed by atoms with Gasteiger partial charge in [0.25, 0.3) is 0 Å². The molecule has 5 aromatic heterocycles. The van der Waals surface area contributed by atoms with Gasteiger partial charge in [0, 0.05) is 54.1 Å². The molecular weight excluding hydrogens is 917 g/mol. The topological polar surface area (TPSA) is 82.2 Å². The molecule has 15 rings (SSSR count). The summed E-state index contributed by atoms with van der Waals surface area (Å²) in [7, 11) is 0. The summed E-state index contributed by atoms with van der Waals surface area (Å²) in [4.78, 5) is 16.9. The zero-order valence-corrected chi connectivity index (χ0v) is 41.7. The van der Waals surface area contributed by atoms with Crippen molar-refractivity contribution in [3.63, 3.8) is 0 Å². The van der Waals surface area contributed by atoms with Gasteiger partial charge in [0.15, 0.2) is 5.82 Å². The van der Waals surface area contributed by atoms with Crippen molar-refractivity contribution in [2.45, 2.75) is 51.4 Å². The summed E-state index contributed by atoms with van der Waals surface area (Å²) in [5, 5.41) is 20.1. The second kappa shape index (κ2) is 16.6. The maximum atomic E-state index is 10.7. The van der Waals surface area contributed by atoms with Gasteiger partial charge in [0.05, 0.1) is 72.8 Å². The number of hydrogen-bond acceptors (Lipinski definition) is 4. The van der Waals surface area contributed by atoms with Gasteiger partial charge in [-0.3, -0.25) is 4.57 Å². The molecule has 1 unspecified atom stereocenters. The number of nitrogens with zero attached hydrogens (tertiary/aromatic N) is 8. The number of rotatable bonds is 6. The molecule has 1 fully saturated rings. The van der Waals surface area contributed by atoms with Crippen LogP contribution < -0.4 is 0 Å². The molecule has 2 atom stereocenters. The van der Waals surface area contributed by atoms with E-state index in [4.69, 9.17) is 15.0 Å². The van der Waals surface area contributed by atoms with E-state index in [-0.39, 0.29) is 5.41 Å². The van der Waals surface area contributed by atoms with E-state index in [0.717, 1.165) is 113 Å². The first-order chi connectivity index (χ1) is 37.0. The van der Waals surface area contributed by atoms with Crippen LogP contribution in [0.1, 0.15) is 57.3 Å². The molecular formula is C67H50N8. The minimum Gasteiger partial charge on any atom is -0.309 e. The van der Waals surface area contributed by atoms with Crippen molar-refractivity contribution in [1.29, 1.82) is 5.26 Å². The molecule has 1 saturated carbocycles. The summed E-state index contributed by atoms with van der Waals surface area (Å²) in [5.74, 6) is 2.38. The van der Waals surface area contributed by atoms with Crippen LogP contribution in [-0.4, -0.2) is 33.2 Å². The standard InChI is InChI=1S/C67H50N8/c1-42-19-15-16-38-67(2,40-42)65-69-64(70-66(71-65)75-56-31-14-8-25-49(56)63-60(34-18-35-61(63)75)73-53-28-11-5-22-46(53)47-23-6-12-29-54(47)73)50-39-43(41-68)36-37-57(50)74-55-30-13-7-24-48(55)62-58(32-17-33-59(62)74)72-51-26-9-3-20-44(51)45-21-4-10-27-52(45)72/h3-14,17-18,20-37,39,42H,15-16,19,38,40H2,1-2H3/t42-,67?/m0/s1. The Morgan fingerprint density at radius 3 is 1.41 bits per heavy atom. The Hall–Kier alpha value is -9.32. The average molecular weight is 967 g/mol. The fourth-order valence-corrected chi connectivity index (χ4v) is 13.2. The highest BCUT2D eigenvalue weighted by Gasteiger charge is 2.35. The van der Waals surface area contributed by atoms with Crippen LogP contribution in [0, 0.1) is 17.2 Å². The minimum atomic E-state index is -0.327. The maximum absolute atomic E-state index is 10.7. The van der Waals surface area contributed by atoms with Crippen LogP contribution in [-0.2, 0) is 5.41 Å². The largest absolute Gasteiger partial charge is 0.309 e. The summed E-state index contributed by atoms with van der Waals surface area (Å²) in [6.45, 7) is 4.74. The third kappa shape index (κ3) is 6.44. The van der Waals surface area contributed by atoms with E-state index in [2.05, 4.69) is 226 Å². The Morgan fingerprint density at radius 2 is 0.893 bits per heavy atom. The zero-order chi connectivity index (χ0) is 49.9. The molecule has 0 saturated heterocycles. The van der Waals surface area contributed by atoms with E-state index >= 15 is 0 Å². The monoisotopic (exact) mass is 966 g/mol. The molecule has 75 heavy (non-hydrogen) atoms.